The van der Waals surface area contributed by atoms with E-state index in [-0.39, 0.29) is 17.9 Å². The van der Waals surface area contributed by atoms with Crippen molar-refractivity contribution in [3.05, 3.63) is 66.4 Å². The summed E-state index contributed by atoms with van der Waals surface area (Å²) in [6.45, 7) is 2.16. The molecule has 2 aromatic carbocycles. The fourth-order valence-electron chi connectivity index (χ4n) is 3.18. The molecule has 0 amide bonds. The van der Waals surface area contributed by atoms with Gasteiger partial charge in [-0.15, -0.1) is 17.5 Å². The highest BCUT2D eigenvalue weighted by molar-refractivity contribution is 5.85. The van der Waals surface area contributed by atoms with Gasteiger partial charge in [-0.3, -0.25) is 0 Å². The number of benzene rings is 2. The van der Waals surface area contributed by atoms with Gasteiger partial charge in [-0.2, -0.15) is 0 Å². The number of halogens is 1. The van der Waals surface area contributed by atoms with Crippen LogP contribution in [0.4, 0.5) is 0 Å². The van der Waals surface area contributed by atoms with Crippen LogP contribution in [0.25, 0.3) is 16.9 Å². The molecule has 2 atom stereocenters. The van der Waals surface area contributed by atoms with Gasteiger partial charge in [0, 0.05) is 17.0 Å². The Balaban J connectivity index is 0.00000169. The van der Waals surface area contributed by atoms with E-state index >= 15 is 0 Å². The summed E-state index contributed by atoms with van der Waals surface area (Å²) < 4.78 is 1.83. The molecule has 1 aliphatic rings. The van der Waals surface area contributed by atoms with Crippen molar-refractivity contribution in [2.45, 2.75) is 31.2 Å². The molecule has 0 aliphatic heterocycles. The highest BCUT2D eigenvalue weighted by atomic mass is 35.5. The van der Waals surface area contributed by atoms with E-state index in [1.807, 2.05) is 41.2 Å². The van der Waals surface area contributed by atoms with Crippen LogP contribution in [0.5, 0.6) is 0 Å². The second-order valence-electron chi connectivity index (χ2n) is 6.35. The number of hydrogen-bond acceptors (Lipinski definition) is 3. The fourth-order valence-corrected chi connectivity index (χ4v) is 3.18. The summed E-state index contributed by atoms with van der Waals surface area (Å²) in [6, 6.07) is 18.6. The molecular weight excluding hydrogens is 320 g/mol. The molecule has 4 rings (SSSR count). The molecule has 2 N–H and O–H groups in total. The standard InChI is InChI=1S/C19H20N4.ClH/c1-2-19(20)12-17(19)15-9-6-10-16(11-15)23-13-18(21-22-23)14-7-4-3-5-8-14;/h3-11,13,17H,2,12,20H2,1H3;1H/t17-,19-;/m0./s1. The molecule has 0 radical (unpaired) electrons. The summed E-state index contributed by atoms with van der Waals surface area (Å²) >= 11 is 0. The van der Waals surface area contributed by atoms with Crippen molar-refractivity contribution in [3.8, 4) is 16.9 Å². The van der Waals surface area contributed by atoms with Crippen molar-refractivity contribution in [1.29, 1.82) is 0 Å². The molecule has 1 aliphatic carbocycles. The van der Waals surface area contributed by atoms with E-state index in [4.69, 9.17) is 5.73 Å². The Hall–Kier alpha value is -2.17. The molecule has 0 saturated heterocycles. The van der Waals surface area contributed by atoms with Crippen LogP contribution in [-0.4, -0.2) is 20.5 Å². The SMILES string of the molecule is CC[C@]1(N)C[C@H]1c1cccc(-n2cc(-c3ccccc3)nn2)c1.Cl. The quantitative estimate of drug-likeness (QED) is 0.782. The third-order valence-corrected chi connectivity index (χ3v) is 4.88. The van der Waals surface area contributed by atoms with Crippen molar-refractivity contribution in [2.75, 3.05) is 0 Å². The largest absolute Gasteiger partial charge is 0.325 e. The van der Waals surface area contributed by atoms with Gasteiger partial charge in [-0.1, -0.05) is 54.6 Å². The van der Waals surface area contributed by atoms with Crippen LogP contribution in [0.3, 0.4) is 0 Å². The van der Waals surface area contributed by atoms with Gasteiger partial charge in [0.2, 0.25) is 0 Å². The van der Waals surface area contributed by atoms with E-state index in [9.17, 15) is 0 Å². The first-order valence-corrected chi connectivity index (χ1v) is 8.06. The molecule has 1 heterocycles. The van der Waals surface area contributed by atoms with Crippen molar-refractivity contribution < 1.29 is 0 Å². The minimum Gasteiger partial charge on any atom is -0.325 e. The van der Waals surface area contributed by atoms with Crippen molar-refractivity contribution in [1.82, 2.24) is 15.0 Å². The zero-order chi connectivity index (χ0) is 15.9. The maximum atomic E-state index is 6.36. The van der Waals surface area contributed by atoms with Crippen LogP contribution >= 0.6 is 12.4 Å². The second kappa shape index (κ2) is 6.38. The Morgan fingerprint density at radius 3 is 2.67 bits per heavy atom. The van der Waals surface area contributed by atoms with Crippen LogP contribution in [0, 0.1) is 0 Å². The highest BCUT2D eigenvalue weighted by Gasteiger charge is 2.50. The lowest BCUT2D eigenvalue weighted by Crippen LogP contribution is -2.22. The summed E-state index contributed by atoms with van der Waals surface area (Å²) in [5.41, 5.74) is 10.6. The maximum Gasteiger partial charge on any atom is 0.113 e. The molecule has 0 spiro atoms. The normalized spacial score (nSPS) is 22.0. The molecule has 24 heavy (non-hydrogen) atoms. The smallest absolute Gasteiger partial charge is 0.113 e. The van der Waals surface area contributed by atoms with Crippen molar-refractivity contribution in [2.24, 2.45) is 5.73 Å². The summed E-state index contributed by atoms with van der Waals surface area (Å²) in [5, 5.41) is 8.56. The van der Waals surface area contributed by atoms with Gasteiger partial charge in [0.25, 0.3) is 0 Å². The van der Waals surface area contributed by atoms with Crippen LogP contribution < -0.4 is 5.73 Å². The first kappa shape index (κ1) is 16.7. The Morgan fingerprint density at radius 2 is 1.96 bits per heavy atom. The van der Waals surface area contributed by atoms with Gasteiger partial charge in [-0.05, 0) is 30.5 Å². The highest BCUT2D eigenvalue weighted by Crippen LogP contribution is 2.51. The van der Waals surface area contributed by atoms with Crippen molar-refractivity contribution in [3.63, 3.8) is 0 Å². The predicted octanol–water partition coefficient (Wildman–Crippen LogP) is 3.95. The van der Waals surface area contributed by atoms with E-state index in [0.717, 1.165) is 29.8 Å². The van der Waals surface area contributed by atoms with Crippen molar-refractivity contribution >= 4 is 12.4 Å². The Morgan fingerprint density at radius 1 is 1.17 bits per heavy atom. The van der Waals surface area contributed by atoms with Gasteiger partial charge in [0.1, 0.15) is 5.69 Å². The monoisotopic (exact) mass is 340 g/mol. The average Bonchev–Trinajstić information content (AvgIpc) is 3.07. The second-order valence-corrected chi connectivity index (χ2v) is 6.35. The number of nitrogens with zero attached hydrogens (tertiary/aromatic N) is 3. The Labute approximate surface area is 148 Å². The van der Waals surface area contributed by atoms with Gasteiger partial charge < -0.3 is 5.73 Å². The lowest BCUT2D eigenvalue weighted by Gasteiger charge is -2.09. The van der Waals surface area contributed by atoms with E-state index in [0.29, 0.717) is 5.92 Å². The minimum absolute atomic E-state index is 0. The van der Waals surface area contributed by atoms with Gasteiger partial charge in [-0.25, -0.2) is 4.68 Å². The first-order chi connectivity index (χ1) is 11.2. The molecule has 0 bridgehead atoms. The summed E-state index contributed by atoms with van der Waals surface area (Å²) in [6.07, 6.45) is 4.06. The molecule has 1 aromatic heterocycles. The lowest BCUT2D eigenvalue weighted by atomic mass is 10.0. The van der Waals surface area contributed by atoms with Crippen LogP contribution in [0.1, 0.15) is 31.2 Å². The molecule has 1 saturated carbocycles. The molecule has 4 nitrogen and oxygen atoms in total. The molecule has 1 fully saturated rings. The summed E-state index contributed by atoms with van der Waals surface area (Å²) in [7, 11) is 0. The van der Waals surface area contributed by atoms with Crippen LogP contribution in [0.2, 0.25) is 0 Å². The topological polar surface area (TPSA) is 56.7 Å². The van der Waals surface area contributed by atoms with Gasteiger partial charge in [0.05, 0.1) is 11.9 Å². The molecular formula is C19H21ClN4. The van der Waals surface area contributed by atoms with E-state index in [1.54, 1.807) is 0 Å². The van der Waals surface area contributed by atoms with E-state index in [1.165, 1.54) is 5.56 Å². The zero-order valence-corrected chi connectivity index (χ0v) is 14.4. The predicted molar refractivity (Wildman–Crippen MR) is 98.6 cm³/mol. The maximum absolute atomic E-state index is 6.36. The van der Waals surface area contributed by atoms with Crippen LogP contribution in [-0.2, 0) is 0 Å². The average molecular weight is 341 g/mol. The van der Waals surface area contributed by atoms with Gasteiger partial charge >= 0.3 is 0 Å². The Kier molecular flexibility index (Phi) is 4.43. The molecule has 5 heteroatoms. The first-order valence-electron chi connectivity index (χ1n) is 8.06. The van der Waals surface area contributed by atoms with E-state index < -0.39 is 0 Å². The Bertz CT molecular complexity index is 830. The number of nitrogens with two attached hydrogens (primary N) is 1. The number of rotatable bonds is 4. The lowest BCUT2D eigenvalue weighted by molar-refractivity contribution is 0.626. The summed E-state index contributed by atoms with van der Waals surface area (Å²) in [4.78, 5) is 0. The molecule has 0 unspecified atom stereocenters. The van der Waals surface area contributed by atoms with Gasteiger partial charge in [0.15, 0.2) is 0 Å². The summed E-state index contributed by atoms with van der Waals surface area (Å²) in [5.74, 6) is 0.463. The third-order valence-electron chi connectivity index (χ3n) is 4.88. The van der Waals surface area contributed by atoms with E-state index in [2.05, 4.69) is 41.5 Å². The number of hydrogen-bond donors (Lipinski definition) is 1. The fraction of sp³-hybridized carbons (Fsp3) is 0.263. The zero-order valence-electron chi connectivity index (χ0n) is 13.6. The van der Waals surface area contributed by atoms with Crippen LogP contribution in [0.15, 0.2) is 60.8 Å². The molecule has 124 valence electrons. The molecule has 3 aromatic rings. The minimum atomic E-state index is -0.0177. The number of aromatic nitrogens is 3. The third kappa shape index (κ3) is 2.95.